The predicted octanol–water partition coefficient (Wildman–Crippen LogP) is 3.66. The molecule has 0 spiro atoms. The normalized spacial score (nSPS) is 24.0. The van der Waals surface area contributed by atoms with Crippen molar-refractivity contribution < 1.29 is 4.79 Å². The molecule has 0 aromatic carbocycles. The lowest BCUT2D eigenvalue weighted by Crippen LogP contribution is -2.45. The number of amides is 1. The lowest BCUT2D eigenvalue weighted by molar-refractivity contribution is -0.132. The zero-order chi connectivity index (χ0) is 19.0. The molecule has 3 heterocycles. The van der Waals surface area contributed by atoms with E-state index in [1.165, 1.54) is 6.42 Å². The number of carbonyl (C=O) groups excluding carboxylic acids is 1. The van der Waals surface area contributed by atoms with Crippen LogP contribution in [0, 0.1) is 11.8 Å². The molecule has 2 aliphatic rings. The fourth-order valence-electron chi connectivity index (χ4n) is 4.03. The first-order valence-corrected chi connectivity index (χ1v) is 10.7. The molecule has 1 amide bonds. The number of nitrogens with zero attached hydrogens (tertiary/aromatic N) is 5. The Morgan fingerprint density at radius 1 is 1.15 bits per heavy atom. The summed E-state index contributed by atoms with van der Waals surface area (Å²) in [5.41, 5.74) is 1.02. The summed E-state index contributed by atoms with van der Waals surface area (Å²) in [6, 6.07) is 4.37. The van der Waals surface area contributed by atoms with Crippen molar-refractivity contribution in [2.24, 2.45) is 11.8 Å². The number of thioether (sulfide) groups is 1. The van der Waals surface area contributed by atoms with Gasteiger partial charge in [-0.15, -0.1) is 10.2 Å². The summed E-state index contributed by atoms with van der Waals surface area (Å²) in [5, 5.41) is 9.56. The van der Waals surface area contributed by atoms with Gasteiger partial charge in [0.25, 0.3) is 0 Å². The number of rotatable bonds is 5. The summed E-state index contributed by atoms with van der Waals surface area (Å²) in [5.74, 6) is 2.24. The Hall–Kier alpha value is -1.89. The van der Waals surface area contributed by atoms with E-state index in [1.54, 1.807) is 24.2 Å². The molecule has 3 atom stereocenters. The van der Waals surface area contributed by atoms with Gasteiger partial charge in [-0.3, -0.25) is 14.3 Å². The topological polar surface area (TPSA) is 63.9 Å². The lowest BCUT2D eigenvalue weighted by atomic mass is 9.92. The first kappa shape index (κ1) is 18.5. The van der Waals surface area contributed by atoms with Crippen LogP contribution in [0.15, 0.2) is 29.7 Å². The number of likely N-dealkylation sites (tertiary alicyclic amines) is 1. The smallest absolute Gasteiger partial charge is 0.235 e. The van der Waals surface area contributed by atoms with Crippen LogP contribution in [0.25, 0.3) is 11.4 Å². The Labute approximate surface area is 164 Å². The maximum absolute atomic E-state index is 13.0. The number of hydrogen-bond donors (Lipinski definition) is 0. The molecule has 2 aromatic rings. The summed E-state index contributed by atoms with van der Waals surface area (Å²) in [6.07, 6.45) is 7.05. The SMILES string of the molecule is C[C@@H]1C[C@@H](C)CN(C(=O)[C@@H](C)Sc2nnc(-c3ccncc3)n2C2CC2)C1. The molecular formula is C20H27N5OS. The highest BCUT2D eigenvalue weighted by Gasteiger charge is 2.33. The fraction of sp³-hybridized carbons (Fsp3) is 0.600. The summed E-state index contributed by atoms with van der Waals surface area (Å²) in [6.45, 7) is 8.20. The average molecular weight is 386 g/mol. The van der Waals surface area contributed by atoms with E-state index >= 15 is 0 Å². The van der Waals surface area contributed by atoms with Gasteiger partial charge in [-0.25, -0.2) is 0 Å². The van der Waals surface area contributed by atoms with Crippen molar-refractivity contribution in [3.05, 3.63) is 24.5 Å². The van der Waals surface area contributed by atoms with Crippen LogP contribution in [0.4, 0.5) is 0 Å². The highest BCUT2D eigenvalue weighted by atomic mass is 32.2. The molecule has 144 valence electrons. The molecule has 27 heavy (non-hydrogen) atoms. The van der Waals surface area contributed by atoms with Crippen molar-refractivity contribution in [1.29, 1.82) is 0 Å². The minimum Gasteiger partial charge on any atom is -0.341 e. The quantitative estimate of drug-likeness (QED) is 0.735. The van der Waals surface area contributed by atoms with Crippen molar-refractivity contribution in [1.82, 2.24) is 24.6 Å². The second kappa shape index (κ2) is 7.62. The summed E-state index contributed by atoms with van der Waals surface area (Å²) >= 11 is 1.54. The van der Waals surface area contributed by atoms with Gasteiger partial charge in [0, 0.05) is 37.1 Å². The molecule has 1 aliphatic carbocycles. The van der Waals surface area contributed by atoms with Gasteiger partial charge < -0.3 is 4.90 Å². The first-order chi connectivity index (χ1) is 13.0. The van der Waals surface area contributed by atoms with E-state index in [0.29, 0.717) is 17.9 Å². The molecule has 4 rings (SSSR count). The number of aromatic nitrogens is 4. The summed E-state index contributed by atoms with van der Waals surface area (Å²) in [7, 11) is 0. The number of piperidine rings is 1. The molecular weight excluding hydrogens is 358 g/mol. The van der Waals surface area contributed by atoms with Crippen molar-refractivity contribution in [2.75, 3.05) is 13.1 Å². The van der Waals surface area contributed by atoms with Crippen LogP contribution in [0.3, 0.4) is 0 Å². The van der Waals surface area contributed by atoms with Crippen molar-refractivity contribution >= 4 is 17.7 Å². The molecule has 1 saturated heterocycles. The third-order valence-electron chi connectivity index (χ3n) is 5.33. The molecule has 0 bridgehead atoms. The molecule has 7 heteroatoms. The Bertz CT molecular complexity index is 794. The zero-order valence-corrected chi connectivity index (χ0v) is 17.0. The lowest BCUT2D eigenvalue weighted by Gasteiger charge is -2.36. The van der Waals surface area contributed by atoms with Crippen LogP contribution in [0.2, 0.25) is 0 Å². The minimum atomic E-state index is -0.158. The molecule has 6 nitrogen and oxygen atoms in total. The van der Waals surface area contributed by atoms with Crippen LogP contribution >= 0.6 is 11.8 Å². The van der Waals surface area contributed by atoms with E-state index < -0.39 is 0 Å². The van der Waals surface area contributed by atoms with Gasteiger partial charge in [-0.2, -0.15) is 0 Å². The van der Waals surface area contributed by atoms with Gasteiger partial charge >= 0.3 is 0 Å². The van der Waals surface area contributed by atoms with E-state index in [0.717, 1.165) is 42.5 Å². The maximum Gasteiger partial charge on any atom is 0.235 e. The van der Waals surface area contributed by atoms with Gasteiger partial charge in [-0.05, 0) is 50.2 Å². The van der Waals surface area contributed by atoms with Crippen LogP contribution in [0.1, 0.15) is 46.1 Å². The van der Waals surface area contributed by atoms with E-state index in [-0.39, 0.29) is 11.2 Å². The largest absolute Gasteiger partial charge is 0.341 e. The van der Waals surface area contributed by atoms with E-state index in [2.05, 4.69) is 33.6 Å². The molecule has 2 aromatic heterocycles. The Morgan fingerprint density at radius 3 is 2.44 bits per heavy atom. The van der Waals surface area contributed by atoms with E-state index in [4.69, 9.17) is 0 Å². The van der Waals surface area contributed by atoms with E-state index in [9.17, 15) is 4.79 Å². The number of carbonyl (C=O) groups is 1. The van der Waals surface area contributed by atoms with Crippen LogP contribution in [-0.4, -0.2) is 48.9 Å². The molecule has 1 saturated carbocycles. The maximum atomic E-state index is 13.0. The second-order valence-electron chi connectivity index (χ2n) is 8.09. The number of pyridine rings is 1. The average Bonchev–Trinajstić information content (AvgIpc) is 3.41. The summed E-state index contributed by atoms with van der Waals surface area (Å²) < 4.78 is 2.21. The molecule has 0 unspecified atom stereocenters. The number of hydrogen-bond acceptors (Lipinski definition) is 5. The van der Waals surface area contributed by atoms with Gasteiger partial charge in [0.05, 0.1) is 5.25 Å². The molecule has 2 fully saturated rings. The second-order valence-corrected chi connectivity index (χ2v) is 9.40. The van der Waals surface area contributed by atoms with E-state index in [1.807, 2.05) is 24.0 Å². The third kappa shape index (κ3) is 4.03. The first-order valence-electron chi connectivity index (χ1n) is 9.83. The minimum absolute atomic E-state index is 0.158. The molecule has 1 aliphatic heterocycles. The zero-order valence-electron chi connectivity index (χ0n) is 16.2. The van der Waals surface area contributed by atoms with Crippen LogP contribution in [0.5, 0.6) is 0 Å². The standard InChI is InChI=1S/C20H27N5OS/c1-13-10-14(2)12-24(11-13)19(26)15(3)27-20-23-22-18(25(20)17-4-5-17)16-6-8-21-9-7-16/h6-9,13-15,17H,4-5,10-12H2,1-3H3/t13-,14-,15-/m1/s1. The van der Waals surface area contributed by atoms with Crippen molar-refractivity contribution in [3.8, 4) is 11.4 Å². The van der Waals surface area contributed by atoms with Crippen molar-refractivity contribution in [2.45, 2.75) is 56.5 Å². The summed E-state index contributed by atoms with van der Waals surface area (Å²) in [4.78, 5) is 19.1. The van der Waals surface area contributed by atoms with Gasteiger partial charge in [0.2, 0.25) is 5.91 Å². The highest BCUT2D eigenvalue weighted by molar-refractivity contribution is 8.00. The van der Waals surface area contributed by atoms with Crippen LogP contribution in [-0.2, 0) is 4.79 Å². The van der Waals surface area contributed by atoms with Gasteiger partial charge in [-0.1, -0.05) is 25.6 Å². The predicted molar refractivity (Wildman–Crippen MR) is 106 cm³/mol. The Kier molecular flexibility index (Phi) is 5.21. The molecule has 0 radical (unpaired) electrons. The van der Waals surface area contributed by atoms with Crippen LogP contribution < -0.4 is 0 Å². The van der Waals surface area contributed by atoms with Gasteiger partial charge in [0.1, 0.15) is 0 Å². The Morgan fingerprint density at radius 2 is 1.81 bits per heavy atom. The monoisotopic (exact) mass is 385 g/mol. The Balaban J connectivity index is 1.52. The van der Waals surface area contributed by atoms with Gasteiger partial charge in [0.15, 0.2) is 11.0 Å². The van der Waals surface area contributed by atoms with Crippen molar-refractivity contribution in [3.63, 3.8) is 0 Å². The fourth-order valence-corrected chi connectivity index (χ4v) is 5.03. The highest BCUT2D eigenvalue weighted by Crippen LogP contribution is 2.41. The molecule has 0 N–H and O–H groups in total. The third-order valence-corrected chi connectivity index (χ3v) is 6.37.